The third-order valence-corrected chi connectivity index (χ3v) is 5.37. The summed E-state index contributed by atoms with van der Waals surface area (Å²) < 4.78 is 22.0. The molecule has 0 unspecified atom stereocenters. The first-order valence-electron chi connectivity index (χ1n) is 9.61. The largest absolute Gasteiger partial charge is 0.504 e. The van der Waals surface area contributed by atoms with E-state index in [1.165, 1.54) is 18.7 Å². The van der Waals surface area contributed by atoms with Crippen LogP contribution in [0.2, 0.25) is 0 Å². The van der Waals surface area contributed by atoms with E-state index in [0.717, 1.165) is 14.9 Å². The van der Waals surface area contributed by atoms with Crippen LogP contribution in [0, 0.1) is 6.92 Å². The molecule has 0 aliphatic heterocycles. The summed E-state index contributed by atoms with van der Waals surface area (Å²) in [4.78, 5) is 21.2. The standard InChI is InChI=1S/C19H12B4IN5O4S/c1-10-4-14(28-9-27-10)17-29-15-5-13(7-26-16(15)31-17)30-8-11-2-3-12(6-25-11)32-18(20,21)19(22,23)33-34-24/h2-7,9H,8H2,1H3. The molecule has 4 rings (SSSR count). The lowest BCUT2D eigenvalue weighted by Gasteiger charge is -2.42. The molecular formula is C19H12B4IN5O4S. The zero-order valence-corrected chi connectivity index (χ0v) is 20.7. The van der Waals surface area contributed by atoms with E-state index in [2.05, 4.69) is 24.9 Å². The quantitative estimate of drug-likeness (QED) is 0.168. The van der Waals surface area contributed by atoms with Gasteiger partial charge in [-0.3, -0.25) is 4.98 Å². The van der Waals surface area contributed by atoms with Crippen molar-refractivity contribution in [2.45, 2.75) is 24.3 Å². The fourth-order valence-electron chi connectivity index (χ4n) is 2.67. The van der Waals surface area contributed by atoms with Crippen LogP contribution >= 0.6 is 30.4 Å². The molecule has 0 spiro atoms. The van der Waals surface area contributed by atoms with Gasteiger partial charge in [0.2, 0.25) is 11.6 Å². The summed E-state index contributed by atoms with van der Waals surface area (Å²) in [6, 6.07) is 6.76. The summed E-state index contributed by atoms with van der Waals surface area (Å²) in [5.41, 5.74) is 2.87. The van der Waals surface area contributed by atoms with Crippen molar-refractivity contribution in [3.05, 3.63) is 54.4 Å². The van der Waals surface area contributed by atoms with Gasteiger partial charge in [-0.1, -0.05) is 0 Å². The fourth-order valence-corrected chi connectivity index (χ4v) is 3.80. The number of aryl methyl sites for hydroxylation is 1. The van der Waals surface area contributed by atoms with Crippen LogP contribution in [0.5, 0.6) is 11.5 Å². The number of nitrogens with zero attached hydrogens (tertiary/aromatic N) is 5. The Labute approximate surface area is 217 Å². The lowest BCUT2D eigenvalue weighted by atomic mass is 9.42. The van der Waals surface area contributed by atoms with Crippen LogP contribution in [0.3, 0.4) is 0 Å². The van der Waals surface area contributed by atoms with Crippen molar-refractivity contribution >= 4 is 73.0 Å². The van der Waals surface area contributed by atoms with Gasteiger partial charge in [-0.25, -0.2) is 19.9 Å². The Bertz CT molecular complexity index is 1300. The maximum atomic E-state index is 5.86. The zero-order chi connectivity index (χ0) is 24.3. The smallest absolute Gasteiger partial charge is 0.248 e. The van der Waals surface area contributed by atoms with Gasteiger partial charge in [-0.2, -0.15) is 0 Å². The van der Waals surface area contributed by atoms with Crippen LogP contribution in [-0.4, -0.2) is 67.1 Å². The van der Waals surface area contributed by atoms with Gasteiger partial charge in [0, 0.05) is 43.8 Å². The average molecular weight is 577 g/mol. The number of oxazole rings is 1. The Kier molecular flexibility index (Phi) is 7.43. The van der Waals surface area contributed by atoms with Crippen LogP contribution in [0.4, 0.5) is 0 Å². The van der Waals surface area contributed by atoms with Crippen molar-refractivity contribution in [3.8, 4) is 23.1 Å². The molecule has 0 aromatic carbocycles. The monoisotopic (exact) mass is 577 g/mol. The first-order chi connectivity index (χ1) is 16.2. The van der Waals surface area contributed by atoms with Crippen LogP contribution in [-0.2, 0) is 10.8 Å². The molecule has 15 heteroatoms. The lowest BCUT2D eigenvalue weighted by molar-refractivity contribution is 0.118. The van der Waals surface area contributed by atoms with E-state index in [1.54, 1.807) is 24.3 Å². The molecule has 4 aromatic heterocycles. The van der Waals surface area contributed by atoms with E-state index in [-0.39, 0.29) is 12.4 Å². The Hall–Kier alpha value is -2.25. The van der Waals surface area contributed by atoms with Crippen molar-refractivity contribution in [1.82, 2.24) is 24.9 Å². The number of aromatic nitrogens is 5. The number of hydrogen-bond donors (Lipinski definition) is 0. The highest BCUT2D eigenvalue weighted by Crippen LogP contribution is 2.29. The van der Waals surface area contributed by atoms with Gasteiger partial charge in [0.25, 0.3) is 0 Å². The molecule has 34 heavy (non-hydrogen) atoms. The molecule has 162 valence electrons. The van der Waals surface area contributed by atoms with E-state index < -0.39 is 10.8 Å². The number of hydrogen-bond acceptors (Lipinski definition) is 10. The summed E-state index contributed by atoms with van der Waals surface area (Å²) >= 11 is 1.83. The lowest BCUT2D eigenvalue weighted by Crippen LogP contribution is -2.61. The van der Waals surface area contributed by atoms with Crippen LogP contribution in [0.1, 0.15) is 11.4 Å². The second-order valence-corrected chi connectivity index (χ2v) is 8.54. The molecular weight excluding hydrogens is 564 g/mol. The molecule has 4 heterocycles. The topological polar surface area (TPSA) is 105 Å². The third-order valence-electron chi connectivity index (χ3n) is 4.50. The normalized spacial score (nSPS) is 12.1. The second-order valence-electron chi connectivity index (χ2n) is 7.17. The summed E-state index contributed by atoms with van der Waals surface area (Å²) in [7, 11) is 24.1. The molecule has 0 saturated heterocycles. The molecule has 0 aliphatic carbocycles. The molecule has 4 aromatic rings. The molecule has 9 nitrogen and oxygen atoms in total. The van der Waals surface area contributed by atoms with Gasteiger partial charge in [0.1, 0.15) is 67.0 Å². The highest BCUT2D eigenvalue weighted by atomic mass is 127. The van der Waals surface area contributed by atoms with Gasteiger partial charge < -0.3 is 18.1 Å². The first-order valence-corrected chi connectivity index (χ1v) is 12.9. The summed E-state index contributed by atoms with van der Waals surface area (Å²) in [6.07, 6.45) is 4.39. The van der Waals surface area contributed by atoms with E-state index in [4.69, 9.17) is 49.5 Å². The predicted octanol–water partition coefficient (Wildman–Crippen LogP) is 2.34. The van der Waals surface area contributed by atoms with E-state index in [0.29, 0.717) is 34.3 Å². The Morgan fingerprint density at radius 1 is 1.00 bits per heavy atom. The van der Waals surface area contributed by atoms with Gasteiger partial charge in [-0.05, 0) is 25.1 Å². The van der Waals surface area contributed by atoms with Crippen molar-refractivity contribution < 1.29 is 18.1 Å². The second kappa shape index (κ2) is 10.2. The van der Waals surface area contributed by atoms with Gasteiger partial charge >= 0.3 is 0 Å². The SMILES string of the molecule is [B]C([B])(OSI)C([B])([B])Oc1ccc(COc2cnc3oc(-c4cc(C)ncn4)nc3c2)nc1. The average Bonchev–Trinajstić information content (AvgIpc) is 3.22. The molecule has 0 bridgehead atoms. The van der Waals surface area contributed by atoms with Crippen molar-refractivity contribution in [3.63, 3.8) is 0 Å². The Morgan fingerprint density at radius 2 is 1.79 bits per heavy atom. The molecule has 0 aliphatic rings. The Morgan fingerprint density at radius 3 is 2.50 bits per heavy atom. The van der Waals surface area contributed by atoms with E-state index in [1.807, 2.05) is 28.1 Å². The molecule has 0 N–H and O–H groups in total. The molecule has 0 atom stereocenters. The number of fused-ring (bicyclic) bond motifs is 1. The van der Waals surface area contributed by atoms with Gasteiger partial charge in [0.15, 0.2) is 0 Å². The van der Waals surface area contributed by atoms with E-state index >= 15 is 0 Å². The maximum Gasteiger partial charge on any atom is 0.248 e. The van der Waals surface area contributed by atoms with E-state index in [9.17, 15) is 0 Å². The number of pyridine rings is 2. The van der Waals surface area contributed by atoms with Crippen LogP contribution < -0.4 is 9.47 Å². The molecule has 0 fully saturated rings. The number of rotatable bonds is 9. The van der Waals surface area contributed by atoms with Crippen LogP contribution in [0.25, 0.3) is 22.8 Å². The van der Waals surface area contributed by atoms with Crippen molar-refractivity contribution in [1.29, 1.82) is 0 Å². The summed E-state index contributed by atoms with van der Waals surface area (Å²) in [5.74, 6) is 1.08. The number of ether oxygens (including phenoxy) is 2. The van der Waals surface area contributed by atoms with Crippen LogP contribution in [0.15, 0.2) is 47.4 Å². The molecule has 8 radical (unpaired) electrons. The minimum absolute atomic E-state index is 0.159. The third kappa shape index (κ3) is 5.69. The Balaban J connectivity index is 1.41. The summed E-state index contributed by atoms with van der Waals surface area (Å²) in [5, 5.41) is -3.95. The number of halogens is 1. The molecule has 0 amide bonds. The summed E-state index contributed by atoms with van der Waals surface area (Å²) in [6.45, 7) is 2.02. The van der Waals surface area contributed by atoms with Gasteiger partial charge in [0.05, 0.1) is 27.3 Å². The minimum atomic E-state index is -2.01. The fraction of sp³-hybridized carbons (Fsp3) is 0.211. The maximum absolute atomic E-state index is 5.86. The van der Waals surface area contributed by atoms with Crippen molar-refractivity contribution in [2.24, 2.45) is 0 Å². The molecule has 0 saturated carbocycles. The highest BCUT2D eigenvalue weighted by molar-refractivity contribution is 14.2. The first kappa shape index (κ1) is 24.9. The van der Waals surface area contributed by atoms with Gasteiger partial charge in [-0.15, -0.1) is 0 Å². The highest BCUT2D eigenvalue weighted by Gasteiger charge is 2.38. The van der Waals surface area contributed by atoms with Crippen molar-refractivity contribution in [2.75, 3.05) is 0 Å². The zero-order valence-electron chi connectivity index (χ0n) is 17.7. The predicted molar refractivity (Wildman–Crippen MR) is 138 cm³/mol. The minimum Gasteiger partial charge on any atom is -0.504 e.